The Morgan fingerprint density at radius 1 is 1.43 bits per heavy atom. The number of rotatable bonds is 7. The monoisotopic (exact) mass is 306 g/mol. The maximum Gasteiger partial charge on any atom is 0.313 e. The Balaban J connectivity index is 2.20. The van der Waals surface area contributed by atoms with Gasteiger partial charge in [0.15, 0.2) is 0 Å². The number of nitrogens with zero attached hydrogens (tertiary/aromatic N) is 2. The van der Waals surface area contributed by atoms with Crippen LogP contribution in [0.5, 0.6) is 0 Å². The first-order valence-electron chi connectivity index (χ1n) is 6.54. The third-order valence-corrected chi connectivity index (χ3v) is 3.86. The number of carbonyl (C=O) groups is 1. The molecule has 0 aliphatic heterocycles. The normalized spacial score (nSPS) is 10.8. The molecule has 0 saturated heterocycles. The second-order valence-electron chi connectivity index (χ2n) is 4.74. The number of carboxylic acid groups (broad SMARTS) is 1. The van der Waals surface area contributed by atoms with E-state index in [4.69, 9.17) is 9.84 Å². The highest BCUT2D eigenvalue weighted by Gasteiger charge is 2.11. The third kappa shape index (κ3) is 4.61. The number of ether oxygens (including phenoxy) is 1. The van der Waals surface area contributed by atoms with Gasteiger partial charge in [0.1, 0.15) is 0 Å². The van der Waals surface area contributed by atoms with Crippen molar-refractivity contribution in [1.82, 2.24) is 9.78 Å². The van der Waals surface area contributed by atoms with Gasteiger partial charge in [0.05, 0.1) is 29.6 Å². The highest BCUT2D eigenvalue weighted by atomic mass is 32.2. The van der Waals surface area contributed by atoms with Crippen molar-refractivity contribution >= 4 is 17.7 Å². The lowest BCUT2D eigenvalue weighted by Crippen LogP contribution is -2.06. The molecule has 2 rings (SSSR count). The van der Waals surface area contributed by atoms with Gasteiger partial charge in [-0.05, 0) is 18.6 Å². The maximum absolute atomic E-state index is 10.7. The summed E-state index contributed by atoms with van der Waals surface area (Å²) in [7, 11) is 1.61. The van der Waals surface area contributed by atoms with E-state index in [0.29, 0.717) is 13.2 Å². The molecule has 1 aromatic carbocycles. The second kappa shape index (κ2) is 7.28. The van der Waals surface area contributed by atoms with Crippen LogP contribution in [0.15, 0.2) is 35.4 Å². The van der Waals surface area contributed by atoms with Crippen molar-refractivity contribution in [2.24, 2.45) is 0 Å². The van der Waals surface area contributed by atoms with Gasteiger partial charge in [0.2, 0.25) is 0 Å². The van der Waals surface area contributed by atoms with Crippen LogP contribution in [-0.4, -0.2) is 33.7 Å². The fourth-order valence-electron chi connectivity index (χ4n) is 2.02. The minimum Gasteiger partial charge on any atom is -0.481 e. The predicted octanol–water partition coefficient (Wildman–Crippen LogP) is 2.56. The molecular formula is C15H18N2O3S. The van der Waals surface area contributed by atoms with Gasteiger partial charge in [0.25, 0.3) is 0 Å². The summed E-state index contributed by atoms with van der Waals surface area (Å²) in [6.07, 6.45) is 0. The van der Waals surface area contributed by atoms with Crippen LogP contribution in [0.1, 0.15) is 16.8 Å². The molecule has 0 bridgehead atoms. The number of methoxy groups -OCH3 is 1. The first kappa shape index (κ1) is 15.6. The summed E-state index contributed by atoms with van der Waals surface area (Å²) in [6, 6.07) is 10.1. The van der Waals surface area contributed by atoms with E-state index in [1.807, 2.05) is 35.9 Å². The van der Waals surface area contributed by atoms with Crippen molar-refractivity contribution in [2.45, 2.75) is 25.1 Å². The SMILES string of the molecule is COCc1cc(SCC(=O)O)n(Cc2cccc(C)c2)n1. The zero-order valence-electron chi connectivity index (χ0n) is 12.1. The Kier molecular flexibility index (Phi) is 5.41. The number of hydrogen-bond donors (Lipinski definition) is 1. The van der Waals surface area contributed by atoms with E-state index in [1.165, 1.54) is 17.3 Å². The van der Waals surface area contributed by atoms with Gasteiger partial charge in [-0.2, -0.15) is 5.10 Å². The minimum absolute atomic E-state index is 0.0198. The summed E-state index contributed by atoms with van der Waals surface area (Å²) in [4.78, 5) is 10.7. The molecule has 0 aliphatic carbocycles. The van der Waals surface area contributed by atoms with E-state index < -0.39 is 5.97 Å². The fourth-order valence-corrected chi connectivity index (χ4v) is 2.76. The third-order valence-electron chi connectivity index (χ3n) is 2.84. The summed E-state index contributed by atoms with van der Waals surface area (Å²) in [5.41, 5.74) is 3.13. The minimum atomic E-state index is -0.836. The lowest BCUT2D eigenvalue weighted by Gasteiger charge is -2.07. The molecule has 21 heavy (non-hydrogen) atoms. The summed E-state index contributed by atoms with van der Waals surface area (Å²) < 4.78 is 6.92. The first-order valence-corrected chi connectivity index (χ1v) is 7.53. The summed E-state index contributed by atoms with van der Waals surface area (Å²) in [5, 5.41) is 14.1. The van der Waals surface area contributed by atoms with Crippen molar-refractivity contribution in [3.05, 3.63) is 47.2 Å². The summed E-state index contributed by atoms with van der Waals surface area (Å²) in [6.45, 7) is 3.08. The zero-order chi connectivity index (χ0) is 15.2. The molecule has 0 radical (unpaired) electrons. The fraction of sp³-hybridized carbons (Fsp3) is 0.333. The van der Waals surface area contributed by atoms with Crippen LogP contribution >= 0.6 is 11.8 Å². The lowest BCUT2D eigenvalue weighted by molar-refractivity contribution is -0.133. The zero-order valence-corrected chi connectivity index (χ0v) is 12.9. The van der Waals surface area contributed by atoms with Crippen LogP contribution < -0.4 is 0 Å². The molecule has 6 heteroatoms. The second-order valence-corrected chi connectivity index (χ2v) is 5.73. The number of carboxylic acids is 1. The number of thioether (sulfide) groups is 1. The van der Waals surface area contributed by atoms with Gasteiger partial charge in [-0.15, -0.1) is 0 Å². The highest BCUT2D eigenvalue weighted by molar-refractivity contribution is 7.99. The van der Waals surface area contributed by atoms with Gasteiger partial charge in [-0.3, -0.25) is 9.48 Å². The van der Waals surface area contributed by atoms with E-state index in [-0.39, 0.29) is 5.75 Å². The molecule has 0 amide bonds. The van der Waals surface area contributed by atoms with Crippen LogP contribution in [0, 0.1) is 6.92 Å². The Morgan fingerprint density at radius 2 is 2.24 bits per heavy atom. The average Bonchev–Trinajstić information content (AvgIpc) is 2.79. The molecule has 0 saturated carbocycles. The molecule has 1 aromatic heterocycles. The number of benzene rings is 1. The largest absolute Gasteiger partial charge is 0.481 e. The summed E-state index contributed by atoms with van der Waals surface area (Å²) >= 11 is 1.27. The van der Waals surface area contributed by atoms with Crippen molar-refractivity contribution in [1.29, 1.82) is 0 Å². The van der Waals surface area contributed by atoms with Gasteiger partial charge < -0.3 is 9.84 Å². The Labute approximate surface area is 127 Å². The van der Waals surface area contributed by atoms with Crippen molar-refractivity contribution in [3.63, 3.8) is 0 Å². The molecule has 0 aliphatic rings. The quantitative estimate of drug-likeness (QED) is 0.797. The van der Waals surface area contributed by atoms with Crippen LogP contribution in [0.3, 0.4) is 0 Å². The van der Waals surface area contributed by atoms with Gasteiger partial charge >= 0.3 is 5.97 Å². The Bertz CT molecular complexity index is 625. The molecule has 1 heterocycles. The smallest absolute Gasteiger partial charge is 0.313 e. The molecule has 0 spiro atoms. The van der Waals surface area contributed by atoms with Gasteiger partial charge in [0, 0.05) is 7.11 Å². The van der Waals surface area contributed by atoms with Crippen LogP contribution in [0.2, 0.25) is 0 Å². The van der Waals surface area contributed by atoms with Crippen molar-refractivity contribution in [3.8, 4) is 0 Å². The molecule has 5 nitrogen and oxygen atoms in total. The summed E-state index contributed by atoms with van der Waals surface area (Å²) in [5.74, 6) is -0.817. The highest BCUT2D eigenvalue weighted by Crippen LogP contribution is 2.21. The lowest BCUT2D eigenvalue weighted by atomic mass is 10.1. The van der Waals surface area contributed by atoms with E-state index in [1.54, 1.807) is 7.11 Å². The molecule has 0 unspecified atom stereocenters. The number of aryl methyl sites for hydroxylation is 1. The number of hydrogen-bond acceptors (Lipinski definition) is 4. The predicted molar refractivity (Wildman–Crippen MR) is 81.6 cm³/mol. The topological polar surface area (TPSA) is 64.3 Å². The van der Waals surface area contributed by atoms with Crippen LogP contribution in [0.4, 0.5) is 0 Å². The molecule has 0 fully saturated rings. The van der Waals surface area contributed by atoms with Gasteiger partial charge in [-0.25, -0.2) is 0 Å². The van der Waals surface area contributed by atoms with E-state index >= 15 is 0 Å². The van der Waals surface area contributed by atoms with E-state index in [9.17, 15) is 4.79 Å². The number of aromatic nitrogens is 2. The molecule has 1 N–H and O–H groups in total. The maximum atomic E-state index is 10.7. The van der Waals surface area contributed by atoms with E-state index in [0.717, 1.165) is 16.3 Å². The van der Waals surface area contributed by atoms with Crippen LogP contribution in [0.25, 0.3) is 0 Å². The van der Waals surface area contributed by atoms with E-state index in [2.05, 4.69) is 11.2 Å². The average molecular weight is 306 g/mol. The molecule has 2 aromatic rings. The Hall–Kier alpha value is -1.79. The van der Waals surface area contributed by atoms with Crippen LogP contribution in [-0.2, 0) is 22.7 Å². The molecule has 0 atom stereocenters. The first-order chi connectivity index (χ1) is 10.1. The number of aliphatic carboxylic acids is 1. The standard InChI is InChI=1S/C15H18N2O3S/c1-11-4-3-5-12(6-11)8-17-14(21-10-15(18)19)7-13(16-17)9-20-2/h3-7H,8-10H2,1-2H3,(H,18,19). The van der Waals surface area contributed by atoms with Crippen molar-refractivity contribution < 1.29 is 14.6 Å². The molecule has 112 valence electrons. The van der Waals surface area contributed by atoms with Crippen molar-refractivity contribution in [2.75, 3.05) is 12.9 Å². The van der Waals surface area contributed by atoms with Gasteiger partial charge in [-0.1, -0.05) is 41.6 Å². The molecular weight excluding hydrogens is 288 g/mol. The Morgan fingerprint density at radius 3 is 2.90 bits per heavy atom.